The van der Waals surface area contributed by atoms with E-state index in [4.69, 9.17) is 4.74 Å². The highest BCUT2D eigenvalue weighted by molar-refractivity contribution is 5.76. The van der Waals surface area contributed by atoms with Gasteiger partial charge in [-0.3, -0.25) is 9.59 Å². The van der Waals surface area contributed by atoms with Crippen molar-refractivity contribution in [3.05, 3.63) is 24.3 Å². The van der Waals surface area contributed by atoms with Gasteiger partial charge in [-0.2, -0.15) is 0 Å². The standard InChI is InChI=1S/C56H107NO5/c1-3-5-7-9-11-13-15-17-18-19-22-25-28-32-36-40-44-48-54(59)53(52-58)57-55(60)49-45-41-37-33-29-26-23-20-21-24-27-31-35-39-43-47-51-62-56(61)50-46-42-38-34-30-16-14-12-10-8-6-4-2/h12,14,44,48,53-54,58-59H,3-11,13,15-43,45-47,49-52H2,1-2H3,(H,57,60)/b14-12-,48-44+. The Morgan fingerprint density at radius 2 is 0.758 bits per heavy atom. The zero-order valence-corrected chi connectivity index (χ0v) is 41.6. The molecule has 0 saturated carbocycles. The van der Waals surface area contributed by atoms with Crippen LogP contribution < -0.4 is 5.32 Å². The number of rotatable bonds is 51. The van der Waals surface area contributed by atoms with E-state index in [1.54, 1.807) is 6.08 Å². The highest BCUT2D eigenvalue weighted by Crippen LogP contribution is 2.16. The molecule has 0 aliphatic carbocycles. The number of carbonyl (C=O) groups is 2. The number of ether oxygens (including phenoxy) is 1. The van der Waals surface area contributed by atoms with Crippen molar-refractivity contribution in [1.29, 1.82) is 0 Å². The van der Waals surface area contributed by atoms with E-state index in [0.29, 0.717) is 19.4 Å². The zero-order chi connectivity index (χ0) is 45.1. The summed E-state index contributed by atoms with van der Waals surface area (Å²) in [5, 5.41) is 23.1. The minimum Gasteiger partial charge on any atom is -0.466 e. The van der Waals surface area contributed by atoms with Crippen LogP contribution in [0, 0.1) is 0 Å². The van der Waals surface area contributed by atoms with E-state index >= 15 is 0 Å². The van der Waals surface area contributed by atoms with Crippen molar-refractivity contribution in [3.63, 3.8) is 0 Å². The van der Waals surface area contributed by atoms with Gasteiger partial charge in [0.15, 0.2) is 0 Å². The molecule has 2 unspecified atom stereocenters. The smallest absolute Gasteiger partial charge is 0.305 e. The fourth-order valence-electron chi connectivity index (χ4n) is 8.45. The van der Waals surface area contributed by atoms with Gasteiger partial charge in [0.1, 0.15) is 0 Å². The summed E-state index contributed by atoms with van der Waals surface area (Å²) < 4.78 is 5.45. The minimum atomic E-state index is -0.849. The van der Waals surface area contributed by atoms with Gasteiger partial charge in [-0.15, -0.1) is 0 Å². The Labute approximate surface area is 386 Å². The summed E-state index contributed by atoms with van der Waals surface area (Å²) in [6, 6.07) is -0.633. The molecule has 1 amide bonds. The summed E-state index contributed by atoms with van der Waals surface area (Å²) in [6.07, 6.45) is 61.8. The molecule has 0 aromatic carbocycles. The Kier molecular flexibility index (Phi) is 50.6. The number of unbranched alkanes of at least 4 members (excludes halogenated alkanes) is 38. The maximum atomic E-state index is 12.5. The average Bonchev–Trinajstić information content (AvgIpc) is 3.27. The molecule has 366 valence electrons. The maximum Gasteiger partial charge on any atom is 0.305 e. The Hall–Kier alpha value is -1.66. The predicted octanol–water partition coefficient (Wildman–Crippen LogP) is 16.7. The SMILES string of the molecule is CCCCC/C=C\CCCCCCCC(=O)OCCCCCCCCCCCCCCCCCCC(=O)NC(CO)C(O)/C=C/CCCCCCCCCCCCCCCCC. The monoisotopic (exact) mass is 874 g/mol. The Bertz CT molecular complexity index is 966. The lowest BCUT2D eigenvalue weighted by atomic mass is 10.0. The summed E-state index contributed by atoms with van der Waals surface area (Å²) in [4.78, 5) is 24.4. The maximum absolute atomic E-state index is 12.5. The molecule has 0 aromatic rings. The molecule has 0 fully saturated rings. The minimum absolute atomic E-state index is 0.00791. The Morgan fingerprint density at radius 3 is 1.18 bits per heavy atom. The van der Waals surface area contributed by atoms with Crippen molar-refractivity contribution in [2.24, 2.45) is 0 Å². The molecule has 0 radical (unpaired) electrons. The Morgan fingerprint density at radius 1 is 0.435 bits per heavy atom. The van der Waals surface area contributed by atoms with Crippen molar-refractivity contribution in [3.8, 4) is 0 Å². The lowest BCUT2D eigenvalue weighted by Crippen LogP contribution is -2.45. The van der Waals surface area contributed by atoms with Crippen LogP contribution in [0.15, 0.2) is 24.3 Å². The van der Waals surface area contributed by atoms with Crippen LogP contribution in [0.25, 0.3) is 0 Å². The molecule has 2 atom stereocenters. The van der Waals surface area contributed by atoms with Crippen LogP contribution in [-0.4, -0.2) is 47.4 Å². The third-order valence-corrected chi connectivity index (χ3v) is 12.7. The van der Waals surface area contributed by atoms with Gasteiger partial charge in [0.05, 0.1) is 25.4 Å². The van der Waals surface area contributed by atoms with Gasteiger partial charge in [0, 0.05) is 12.8 Å². The van der Waals surface area contributed by atoms with Crippen LogP contribution in [0.2, 0.25) is 0 Å². The summed E-state index contributed by atoms with van der Waals surface area (Å²) in [7, 11) is 0. The summed E-state index contributed by atoms with van der Waals surface area (Å²) in [6.45, 7) is 4.87. The van der Waals surface area contributed by atoms with Gasteiger partial charge in [-0.25, -0.2) is 0 Å². The first kappa shape index (κ1) is 60.3. The lowest BCUT2D eigenvalue weighted by Gasteiger charge is -2.20. The number of carbonyl (C=O) groups excluding carboxylic acids is 2. The van der Waals surface area contributed by atoms with Crippen molar-refractivity contribution < 1.29 is 24.5 Å². The largest absolute Gasteiger partial charge is 0.466 e. The zero-order valence-electron chi connectivity index (χ0n) is 41.6. The van der Waals surface area contributed by atoms with Gasteiger partial charge < -0.3 is 20.3 Å². The van der Waals surface area contributed by atoms with E-state index in [-0.39, 0.29) is 18.5 Å². The predicted molar refractivity (Wildman–Crippen MR) is 269 cm³/mol. The molecular weight excluding hydrogens is 767 g/mol. The van der Waals surface area contributed by atoms with Crippen LogP contribution in [0.5, 0.6) is 0 Å². The Balaban J connectivity index is 3.47. The fourth-order valence-corrected chi connectivity index (χ4v) is 8.45. The summed E-state index contributed by atoms with van der Waals surface area (Å²) in [5.41, 5.74) is 0. The summed E-state index contributed by atoms with van der Waals surface area (Å²) in [5.74, 6) is -0.0815. The van der Waals surface area contributed by atoms with Gasteiger partial charge in [0.25, 0.3) is 0 Å². The first-order valence-corrected chi connectivity index (χ1v) is 27.6. The molecular formula is C56H107NO5. The summed E-state index contributed by atoms with van der Waals surface area (Å²) >= 11 is 0. The van der Waals surface area contributed by atoms with E-state index < -0.39 is 12.1 Å². The van der Waals surface area contributed by atoms with Crippen LogP contribution in [0.4, 0.5) is 0 Å². The first-order chi connectivity index (χ1) is 30.5. The normalized spacial score (nSPS) is 12.8. The van der Waals surface area contributed by atoms with E-state index in [1.165, 1.54) is 225 Å². The molecule has 62 heavy (non-hydrogen) atoms. The molecule has 0 rings (SSSR count). The quantitative estimate of drug-likeness (QED) is 0.0321. The molecule has 3 N–H and O–H groups in total. The number of esters is 1. The van der Waals surface area contributed by atoms with E-state index in [0.717, 1.165) is 44.9 Å². The van der Waals surface area contributed by atoms with Crippen LogP contribution in [-0.2, 0) is 14.3 Å². The lowest BCUT2D eigenvalue weighted by molar-refractivity contribution is -0.143. The molecule has 6 heteroatoms. The van der Waals surface area contributed by atoms with Crippen LogP contribution in [0.3, 0.4) is 0 Å². The van der Waals surface area contributed by atoms with Gasteiger partial charge in [0.2, 0.25) is 5.91 Å². The average molecular weight is 874 g/mol. The van der Waals surface area contributed by atoms with E-state index in [1.807, 2.05) is 6.08 Å². The van der Waals surface area contributed by atoms with Crippen molar-refractivity contribution in [2.45, 2.75) is 309 Å². The number of hydrogen-bond acceptors (Lipinski definition) is 5. The van der Waals surface area contributed by atoms with E-state index in [9.17, 15) is 19.8 Å². The van der Waals surface area contributed by atoms with Crippen LogP contribution in [0.1, 0.15) is 296 Å². The highest BCUT2D eigenvalue weighted by Gasteiger charge is 2.18. The highest BCUT2D eigenvalue weighted by atomic mass is 16.5. The number of aliphatic hydroxyl groups excluding tert-OH is 2. The molecule has 0 aliphatic heterocycles. The second-order valence-corrected chi connectivity index (χ2v) is 18.9. The molecule has 0 saturated heterocycles. The van der Waals surface area contributed by atoms with Gasteiger partial charge in [-0.05, 0) is 57.8 Å². The first-order valence-electron chi connectivity index (χ1n) is 27.6. The van der Waals surface area contributed by atoms with Crippen molar-refractivity contribution in [2.75, 3.05) is 13.2 Å². The molecule has 6 nitrogen and oxygen atoms in total. The van der Waals surface area contributed by atoms with E-state index in [2.05, 4.69) is 31.3 Å². The molecule has 0 heterocycles. The van der Waals surface area contributed by atoms with Gasteiger partial charge in [-0.1, -0.05) is 250 Å². The molecule has 0 bridgehead atoms. The van der Waals surface area contributed by atoms with Crippen molar-refractivity contribution in [1.82, 2.24) is 5.32 Å². The van der Waals surface area contributed by atoms with Gasteiger partial charge >= 0.3 is 5.97 Å². The second-order valence-electron chi connectivity index (χ2n) is 18.9. The topological polar surface area (TPSA) is 95.9 Å². The molecule has 0 aliphatic rings. The number of hydrogen-bond donors (Lipinski definition) is 3. The fraction of sp³-hybridized carbons (Fsp3) is 0.893. The number of amides is 1. The molecule has 0 spiro atoms. The van der Waals surface area contributed by atoms with Crippen LogP contribution >= 0.6 is 0 Å². The van der Waals surface area contributed by atoms with Crippen molar-refractivity contribution >= 4 is 11.9 Å². The second kappa shape index (κ2) is 52.0. The number of aliphatic hydroxyl groups is 2. The number of nitrogens with one attached hydrogen (secondary N) is 1. The third-order valence-electron chi connectivity index (χ3n) is 12.7. The molecule has 0 aromatic heterocycles. The third kappa shape index (κ3) is 47.8. The number of allylic oxidation sites excluding steroid dienone is 3.